The van der Waals surface area contributed by atoms with E-state index in [1.54, 1.807) is 18.3 Å². The van der Waals surface area contributed by atoms with E-state index in [-0.39, 0.29) is 11.4 Å². The van der Waals surface area contributed by atoms with E-state index in [0.717, 1.165) is 0 Å². The van der Waals surface area contributed by atoms with Gasteiger partial charge in [0.15, 0.2) is 11.5 Å². The first-order valence-corrected chi connectivity index (χ1v) is 6.02. The average Bonchev–Trinajstić information content (AvgIpc) is 2.41. The number of hydrogen-bond donors (Lipinski definition) is 0. The largest absolute Gasteiger partial charge is 0.493 e. The van der Waals surface area contributed by atoms with E-state index in [9.17, 15) is 10.1 Å². The lowest BCUT2D eigenvalue weighted by molar-refractivity contribution is -0.384. The van der Waals surface area contributed by atoms with Gasteiger partial charge in [0.1, 0.15) is 0 Å². The van der Waals surface area contributed by atoms with E-state index in [0.29, 0.717) is 16.1 Å². The van der Waals surface area contributed by atoms with Crippen molar-refractivity contribution in [3.63, 3.8) is 0 Å². The second-order valence-corrected chi connectivity index (χ2v) is 4.34. The topological polar surface area (TPSA) is 74.5 Å². The highest BCUT2D eigenvalue weighted by Crippen LogP contribution is 2.36. The summed E-state index contributed by atoms with van der Waals surface area (Å²) in [4.78, 5) is 14.3. The summed E-state index contributed by atoms with van der Waals surface area (Å²) in [7, 11) is 1.46. The molecule has 0 aliphatic rings. The van der Waals surface area contributed by atoms with Crippen molar-refractivity contribution in [2.45, 2.75) is 0 Å². The van der Waals surface area contributed by atoms with Crippen LogP contribution in [0.1, 0.15) is 0 Å². The highest BCUT2D eigenvalue weighted by Gasteiger charge is 2.14. The van der Waals surface area contributed by atoms with Gasteiger partial charge in [-0.05, 0) is 34.1 Å². The predicted molar refractivity (Wildman–Crippen MR) is 71.7 cm³/mol. The third-order valence-electron chi connectivity index (χ3n) is 2.29. The normalized spacial score (nSPS) is 10.0. The Morgan fingerprint density at radius 1 is 1.32 bits per heavy atom. The summed E-state index contributed by atoms with van der Waals surface area (Å²) in [5, 5.41) is 10.8. The summed E-state index contributed by atoms with van der Waals surface area (Å²) in [6.07, 6.45) is 1.56. The van der Waals surface area contributed by atoms with E-state index in [1.165, 1.54) is 25.3 Å². The predicted octanol–water partition coefficient (Wildman–Crippen LogP) is 3.55. The van der Waals surface area contributed by atoms with Crippen molar-refractivity contribution in [2.24, 2.45) is 0 Å². The molecule has 0 unspecified atom stereocenters. The number of nitro benzene ring substituents is 1. The van der Waals surface area contributed by atoms with Gasteiger partial charge in [-0.2, -0.15) is 0 Å². The molecule has 0 bridgehead atoms. The molecular formula is C12H9BrN2O4. The Morgan fingerprint density at radius 2 is 2.11 bits per heavy atom. The molecule has 6 nitrogen and oxygen atoms in total. The molecule has 0 amide bonds. The lowest BCUT2D eigenvalue weighted by Gasteiger charge is -2.10. The third kappa shape index (κ3) is 3.00. The zero-order valence-electron chi connectivity index (χ0n) is 9.87. The van der Waals surface area contributed by atoms with Gasteiger partial charge in [0.2, 0.25) is 5.88 Å². The molecule has 0 spiro atoms. The fourth-order valence-corrected chi connectivity index (χ4v) is 1.75. The monoisotopic (exact) mass is 324 g/mol. The smallest absolute Gasteiger partial charge is 0.273 e. The van der Waals surface area contributed by atoms with Crippen LogP contribution in [0.5, 0.6) is 17.4 Å². The minimum atomic E-state index is -0.500. The molecule has 0 aliphatic carbocycles. The van der Waals surface area contributed by atoms with Gasteiger partial charge in [-0.1, -0.05) is 0 Å². The van der Waals surface area contributed by atoms with Crippen molar-refractivity contribution >= 4 is 21.6 Å². The van der Waals surface area contributed by atoms with Gasteiger partial charge in [0.05, 0.1) is 22.6 Å². The van der Waals surface area contributed by atoms with Crippen LogP contribution < -0.4 is 9.47 Å². The molecule has 0 aliphatic heterocycles. The number of rotatable bonds is 4. The second kappa shape index (κ2) is 5.66. The molecule has 1 aromatic heterocycles. The SMILES string of the molecule is COc1ccc([N+](=O)[O-])cc1Oc1ncccc1Br. The van der Waals surface area contributed by atoms with Crippen LogP contribution in [0.25, 0.3) is 0 Å². The molecule has 2 rings (SSSR count). The van der Waals surface area contributed by atoms with E-state index in [2.05, 4.69) is 20.9 Å². The number of aromatic nitrogens is 1. The number of nitrogens with zero attached hydrogens (tertiary/aromatic N) is 2. The van der Waals surface area contributed by atoms with Crippen LogP contribution in [0.15, 0.2) is 41.0 Å². The quantitative estimate of drug-likeness (QED) is 0.635. The summed E-state index contributed by atoms with van der Waals surface area (Å²) < 4.78 is 11.3. The maximum absolute atomic E-state index is 10.8. The van der Waals surface area contributed by atoms with Crippen LogP contribution in [0.2, 0.25) is 0 Å². The Bertz CT molecular complexity index is 618. The highest BCUT2D eigenvalue weighted by molar-refractivity contribution is 9.10. The average molecular weight is 325 g/mol. The molecule has 0 saturated heterocycles. The number of hydrogen-bond acceptors (Lipinski definition) is 5. The summed E-state index contributed by atoms with van der Waals surface area (Å²) in [6, 6.07) is 7.61. The fourth-order valence-electron chi connectivity index (χ4n) is 1.41. The van der Waals surface area contributed by atoms with Crippen LogP contribution >= 0.6 is 15.9 Å². The molecule has 0 saturated carbocycles. The first-order chi connectivity index (χ1) is 9.11. The molecule has 98 valence electrons. The summed E-state index contributed by atoms with van der Waals surface area (Å²) in [5.74, 6) is 0.931. The minimum absolute atomic E-state index is 0.0807. The molecule has 2 aromatic rings. The van der Waals surface area contributed by atoms with Gasteiger partial charge in [0.25, 0.3) is 5.69 Å². The first-order valence-electron chi connectivity index (χ1n) is 5.22. The Labute approximate surface area is 117 Å². The Balaban J connectivity index is 2.40. The number of halogens is 1. The van der Waals surface area contributed by atoms with Gasteiger partial charge >= 0.3 is 0 Å². The molecule has 0 N–H and O–H groups in total. The van der Waals surface area contributed by atoms with E-state index in [1.807, 2.05) is 0 Å². The van der Waals surface area contributed by atoms with Crippen LogP contribution in [-0.4, -0.2) is 17.0 Å². The molecular weight excluding hydrogens is 316 g/mol. The van der Waals surface area contributed by atoms with Crippen molar-refractivity contribution < 1.29 is 14.4 Å². The van der Waals surface area contributed by atoms with Crippen LogP contribution in [0.4, 0.5) is 5.69 Å². The Hall–Kier alpha value is -2.15. The minimum Gasteiger partial charge on any atom is -0.493 e. The zero-order chi connectivity index (χ0) is 13.8. The van der Waals surface area contributed by atoms with Gasteiger partial charge in [-0.3, -0.25) is 10.1 Å². The molecule has 1 heterocycles. The van der Waals surface area contributed by atoms with E-state index >= 15 is 0 Å². The van der Waals surface area contributed by atoms with Crippen molar-refractivity contribution in [1.82, 2.24) is 4.98 Å². The molecule has 1 aromatic carbocycles. The van der Waals surface area contributed by atoms with E-state index < -0.39 is 4.92 Å². The van der Waals surface area contributed by atoms with Crippen molar-refractivity contribution in [3.8, 4) is 17.4 Å². The number of methoxy groups -OCH3 is 1. The Morgan fingerprint density at radius 3 is 2.74 bits per heavy atom. The molecule has 0 atom stereocenters. The van der Waals surface area contributed by atoms with Crippen molar-refractivity contribution in [2.75, 3.05) is 7.11 Å². The fraction of sp³-hybridized carbons (Fsp3) is 0.0833. The molecule has 19 heavy (non-hydrogen) atoms. The summed E-state index contributed by atoms with van der Waals surface area (Å²) in [5.41, 5.74) is -0.0807. The van der Waals surface area contributed by atoms with Crippen LogP contribution in [-0.2, 0) is 0 Å². The van der Waals surface area contributed by atoms with Crippen molar-refractivity contribution in [3.05, 3.63) is 51.1 Å². The van der Waals surface area contributed by atoms with Crippen LogP contribution in [0.3, 0.4) is 0 Å². The molecule has 7 heteroatoms. The van der Waals surface area contributed by atoms with Gasteiger partial charge in [0, 0.05) is 12.3 Å². The first kappa shape index (κ1) is 13.3. The standard InChI is InChI=1S/C12H9BrN2O4/c1-18-10-5-4-8(15(16)17)7-11(10)19-12-9(13)3-2-6-14-12/h2-7H,1H3. The van der Waals surface area contributed by atoms with Gasteiger partial charge < -0.3 is 9.47 Å². The number of ether oxygens (including phenoxy) is 2. The number of benzene rings is 1. The van der Waals surface area contributed by atoms with Gasteiger partial charge in [-0.15, -0.1) is 0 Å². The number of pyridine rings is 1. The maximum atomic E-state index is 10.8. The third-order valence-corrected chi connectivity index (χ3v) is 2.89. The molecule has 0 radical (unpaired) electrons. The Kier molecular flexibility index (Phi) is 3.96. The summed E-state index contributed by atoms with van der Waals surface area (Å²) >= 11 is 3.29. The second-order valence-electron chi connectivity index (χ2n) is 3.48. The summed E-state index contributed by atoms with van der Waals surface area (Å²) in [6.45, 7) is 0. The van der Waals surface area contributed by atoms with E-state index in [4.69, 9.17) is 9.47 Å². The lowest BCUT2D eigenvalue weighted by Crippen LogP contribution is -1.95. The highest BCUT2D eigenvalue weighted by atomic mass is 79.9. The molecule has 0 fully saturated rings. The number of non-ortho nitro benzene ring substituents is 1. The zero-order valence-corrected chi connectivity index (χ0v) is 11.5. The van der Waals surface area contributed by atoms with Crippen LogP contribution in [0, 0.1) is 10.1 Å². The lowest BCUT2D eigenvalue weighted by atomic mass is 10.3. The van der Waals surface area contributed by atoms with Gasteiger partial charge in [-0.25, -0.2) is 4.98 Å². The number of nitro groups is 1. The van der Waals surface area contributed by atoms with Crippen molar-refractivity contribution in [1.29, 1.82) is 0 Å². The maximum Gasteiger partial charge on any atom is 0.273 e.